The van der Waals surface area contributed by atoms with E-state index >= 15 is 0 Å². The fourth-order valence-corrected chi connectivity index (χ4v) is 3.54. The maximum Gasteiger partial charge on any atom is 0.410 e. The zero-order chi connectivity index (χ0) is 16.7. The van der Waals surface area contributed by atoms with Gasteiger partial charge in [-0.25, -0.2) is 4.79 Å². The number of piperazine rings is 1. The summed E-state index contributed by atoms with van der Waals surface area (Å²) in [6.45, 7) is 7.79. The van der Waals surface area contributed by atoms with E-state index in [2.05, 4.69) is 4.90 Å². The van der Waals surface area contributed by atoms with E-state index in [0.717, 1.165) is 25.1 Å². The van der Waals surface area contributed by atoms with Gasteiger partial charge in [0.15, 0.2) is 0 Å². The molecule has 0 aromatic heterocycles. The number of benzene rings is 1. The van der Waals surface area contributed by atoms with E-state index in [-0.39, 0.29) is 17.4 Å². The number of amides is 1. The highest BCUT2D eigenvalue weighted by Gasteiger charge is 2.48. The summed E-state index contributed by atoms with van der Waals surface area (Å²) >= 11 is 0. The maximum atomic E-state index is 12.4. The van der Waals surface area contributed by atoms with Crippen LogP contribution in [0.5, 0.6) is 5.75 Å². The van der Waals surface area contributed by atoms with Crippen LogP contribution in [0.1, 0.15) is 40.0 Å². The molecule has 1 heterocycles. The molecular weight excluding hydrogens is 292 g/mol. The molecule has 1 saturated heterocycles. The average Bonchev–Trinajstić information content (AvgIpc) is 2.43. The molecule has 0 atom stereocenters. The Balaban J connectivity index is 1.76. The molecule has 0 radical (unpaired) electrons. The van der Waals surface area contributed by atoms with Gasteiger partial charge in [-0.05, 0) is 52.2 Å². The Kier molecular flexibility index (Phi) is 3.90. The van der Waals surface area contributed by atoms with E-state index in [1.54, 1.807) is 6.07 Å². The molecule has 2 fully saturated rings. The van der Waals surface area contributed by atoms with Gasteiger partial charge in [-0.15, -0.1) is 0 Å². The summed E-state index contributed by atoms with van der Waals surface area (Å²) in [5.41, 5.74) is 0.559. The molecule has 5 heteroatoms. The van der Waals surface area contributed by atoms with Crippen molar-refractivity contribution in [1.82, 2.24) is 4.90 Å². The standard InChI is InChI=1S/C18H26N2O3/c1-17(2,3)23-16(22)19-10-11-20(18(13-19)8-5-9-18)14-6-4-7-15(21)12-14/h4,6-7,12,21H,5,8-11,13H2,1-3H3. The van der Waals surface area contributed by atoms with Gasteiger partial charge < -0.3 is 19.6 Å². The lowest BCUT2D eigenvalue weighted by molar-refractivity contribution is 0.00932. The van der Waals surface area contributed by atoms with E-state index in [4.69, 9.17) is 4.74 Å². The zero-order valence-corrected chi connectivity index (χ0v) is 14.2. The summed E-state index contributed by atoms with van der Waals surface area (Å²) in [6, 6.07) is 7.40. The Morgan fingerprint density at radius 2 is 2.00 bits per heavy atom. The third kappa shape index (κ3) is 3.23. The third-order valence-corrected chi connectivity index (χ3v) is 4.73. The molecule has 1 amide bonds. The van der Waals surface area contributed by atoms with Crippen LogP contribution in [0, 0.1) is 0 Å². The predicted molar refractivity (Wildman–Crippen MR) is 89.8 cm³/mol. The van der Waals surface area contributed by atoms with Crippen LogP contribution in [-0.4, -0.2) is 46.9 Å². The maximum absolute atomic E-state index is 12.4. The van der Waals surface area contributed by atoms with Gasteiger partial charge in [0, 0.05) is 31.4 Å². The number of rotatable bonds is 1. The van der Waals surface area contributed by atoms with Gasteiger partial charge in [0.2, 0.25) is 0 Å². The van der Waals surface area contributed by atoms with Crippen molar-refractivity contribution in [2.75, 3.05) is 24.5 Å². The molecule has 1 spiro atoms. The van der Waals surface area contributed by atoms with Gasteiger partial charge in [0.05, 0.1) is 5.54 Å². The second kappa shape index (κ2) is 5.62. The normalized spacial score (nSPS) is 20.3. The third-order valence-electron chi connectivity index (χ3n) is 4.73. The number of ether oxygens (including phenoxy) is 1. The van der Waals surface area contributed by atoms with Gasteiger partial charge in [0.25, 0.3) is 0 Å². The van der Waals surface area contributed by atoms with Crippen molar-refractivity contribution in [3.8, 4) is 5.75 Å². The quantitative estimate of drug-likeness (QED) is 0.862. The first kappa shape index (κ1) is 16.0. The summed E-state index contributed by atoms with van der Waals surface area (Å²) in [6.07, 6.45) is 3.10. The van der Waals surface area contributed by atoms with Crippen LogP contribution in [0.25, 0.3) is 0 Å². The van der Waals surface area contributed by atoms with Crippen molar-refractivity contribution in [2.24, 2.45) is 0 Å². The van der Waals surface area contributed by atoms with E-state index in [0.29, 0.717) is 13.1 Å². The number of phenols is 1. The van der Waals surface area contributed by atoms with E-state index in [9.17, 15) is 9.90 Å². The highest BCUT2D eigenvalue weighted by Crippen LogP contribution is 2.43. The summed E-state index contributed by atoms with van der Waals surface area (Å²) in [7, 11) is 0. The van der Waals surface area contributed by atoms with Crippen molar-refractivity contribution in [1.29, 1.82) is 0 Å². The first-order valence-electron chi connectivity index (χ1n) is 8.34. The zero-order valence-electron chi connectivity index (χ0n) is 14.2. The molecule has 0 bridgehead atoms. The monoisotopic (exact) mass is 318 g/mol. The Morgan fingerprint density at radius 1 is 1.26 bits per heavy atom. The van der Waals surface area contributed by atoms with Crippen LogP contribution in [-0.2, 0) is 4.74 Å². The lowest BCUT2D eigenvalue weighted by atomic mass is 9.73. The van der Waals surface area contributed by atoms with Crippen molar-refractivity contribution < 1.29 is 14.6 Å². The fraction of sp³-hybridized carbons (Fsp3) is 0.611. The number of carbonyl (C=O) groups is 1. The predicted octanol–water partition coefficient (Wildman–Crippen LogP) is 3.37. The summed E-state index contributed by atoms with van der Waals surface area (Å²) < 4.78 is 5.53. The molecule has 5 nitrogen and oxygen atoms in total. The lowest BCUT2D eigenvalue weighted by Crippen LogP contribution is -2.67. The lowest BCUT2D eigenvalue weighted by Gasteiger charge is -2.56. The minimum atomic E-state index is -0.466. The van der Waals surface area contributed by atoms with Crippen LogP contribution >= 0.6 is 0 Å². The summed E-state index contributed by atoms with van der Waals surface area (Å²) in [5, 5.41) is 9.76. The second-order valence-electron chi connectivity index (χ2n) is 7.65. The topological polar surface area (TPSA) is 53.0 Å². The molecule has 3 rings (SSSR count). The first-order valence-corrected chi connectivity index (χ1v) is 8.34. The fourth-order valence-electron chi connectivity index (χ4n) is 3.54. The molecule has 126 valence electrons. The van der Waals surface area contributed by atoms with Crippen molar-refractivity contribution >= 4 is 11.8 Å². The smallest absolute Gasteiger partial charge is 0.410 e. The van der Waals surface area contributed by atoms with E-state index in [1.165, 1.54) is 6.42 Å². The highest BCUT2D eigenvalue weighted by atomic mass is 16.6. The molecular formula is C18H26N2O3. The number of anilines is 1. The second-order valence-corrected chi connectivity index (χ2v) is 7.65. The Bertz CT molecular complexity index is 590. The molecule has 2 aliphatic rings. The average molecular weight is 318 g/mol. The van der Waals surface area contributed by atoms with Crippen molar-refractivity contribution in [3.05, 3.63) is 24.3 Å². The van der Waals surface area contributed by atoms with Crippen molar-refractivity contribution in [2.45, 2.75) is 51.2 Å². The number of phenolic OH excluding ortho intramolecular Hbond substituents is 1. The van der Waals surface area contributed by atoms with Crippen LogP contribution in [0.2, 0.25) is 0 Å². The van der Waals surface area contributed by atoms with Crippen LogP contribution in [0.15, 0.2) is 24.3 Å². The SMILES string of the molecule is CC(C)(C)OC(=O)N1CCN(c2cccc(O)c2)C2(CCC2)C1. The van der Waals surface area contributed by atoms with Gasteiger partial charge in [-0.1, -0.05) is 6.07 Å². The van der Waals surface area contributed by atoms with Crippen LogP contribution < -0.4 is 4.90 Å². The summed E-state index contributed by atoms with van der Waals surface area (Å²) in [5.74, 6) is 0.284. The number of nitrogens with zero attached hydrogens (tertiary/aromatic N) is 2. The van der Waals surface area contributed by atoms with E-state index in [1.807, 2.05) is 43.9 Å². The van der Waals surface area contributed by atoms with Gasteiger partial charge in [0.1, 0.15) is 11.4 Å². The first-order chi connectivity index (χ1) is 10.8. The van der Waals surface area contributed by atoms with Gasteiger partial charge >= 0.3 is 6.09 Å². The molecule has 1 saturated carbocycles. The number of aromatic hydroxyl groups is 1. The number of hydrogen-bond acceptors (Lipinski definition) is 4. The molecule has 1 aliphatic carbocycles. The van der Waals surface area contributed by atoms with Gasteiger partial charge in [-0.3, -0.25) is 0 Å². The molecule has 0 unspecified atom stereocenters. The number of carbonyl (C=O) groups excluding carboxylic acids is 1. The molecule has 1 aromatic carbocycles. The molecule has 1 aromatic rings. The van der Waals surface area contributed by atoms with Crippen LogP contribution in [0.3, 0.4) is 0 Å². The highest BCUT2D eigenvalue weighted by molar-refractivity contribution is 5.69. The Labute approximate surface area is 137 Å². The minimum absolute atomic E-state index is 0.0110. The molecule has 1 N–H and O–H groups in total. The minimum Gasteiger partial charge on any atom is -0.508 e. The summed E-state index contributed by atoms with van der Waals surface area (Å²) in [4.78, 5) is 16.6. The van der Waals surface area contributed by atoms with Crippen molar-refractivity contribution in [3.63, 3.8) is 0 Å². The largest absolute Gasteiger partial charge is 0.508 e. The Morgan fingerprint density at radius 3 is 2.57 bits per heavy atom. The van der Waals surface area contributed by atoms with E-state index < -0.39 is 5.60 Å². The van der Waals surface area contributed by atoms with Gasteiger partial charge in [-0.2, -0.15) is 0 Å². The number of hydrogen-bond donors (Lipinski definition) is 1. The molecule has 1 aliphatic heterocycles. The van der Waals surface area contributed by atoms with Crippen LogP contribution in [0.4, 0.5) is 10.5 Å². The Hall–Kier alpha value is -1.91. The molecule has 23 heavy (non-hydrogen) atoms.